The Morgan fingerprint density at radius 2 is 2.00 bits per heavy atom. The molecule has 2 aromatic heterocycles. The van der Waals surface area contributed by atoms with E-state index in [4.69, 9.17) is 26.2 Å². The Labute approximate surface area is 232 Å². The number of methoxy groups -OCH3 is 1. The number of aromatic nitrogens is 3. The van der Waals surface area contributed by atoms with E-state index in [0.717, 1.165) is 0 Å². The first-order chi connectivity index (χ1) is 19.2. The van der Waals surface area contributed by atoms with Crippen molar-refractivity contribution in [3.8, 4) is 28.3 Å². The molecular weight excluding hydrogens is 546 g/mol. The molecule has 13 heteroatoms. The molecule has 2 heterocycles. The van der Waals surface area contributed by atoms with Crippen LogP contribution in [0.3, 0.4) is 0 Å². The maximum Gasteiger partial charge on any atom is 0.314 e. The second kappa shape index (κ2) is 12.1. The highest BCUT2D eigenvalue weighted by molar-refractivity contribution is 6.31. The lowest BCUT2D eigenvalue weighted by molar-refractivity contribution is -0.123. The number of nitrogens with zero attached hydrogens (tertiary/aromatic N) is 3. The predicted molar refractivity (Wildman–Crippen MR) is 146 cm³/mol. The SMILES string of the molecule is CCC(C(=O)NC1=C/C(=C/NC)C(=N)C=C1)n1cc(OC)c(-c2cc(Cl)ccc2-c2nnc(C(F)F)o2)cc1=O. The van der Waals surface area contributed by atoms with Crippen molar-refractivity contribution >= 4 is 23.2 Å². The maximum absolute atomic E-state index is 13.4. The summed E-state index contributed by atoms with van der Waals surface area (Å²) in [5.41, 5.74) is 1.68. The third-order valence-corrected chi connectivity index (χ3v) is 6.27. The predicted octanol–water partition coefficient (Wildman–Crippen LogP) is 4.81. The van der Waals surface area contributed by atoms with Gasteiger partial charge in [0.1, 0.15) is 11.8 Å². The van der Waals surface area contributed by atoms with Crippen molar-refractivity contribution in [3.63, 3.8) is 0 Å². The molecule has 3 aromatic rings. The van der Waals surface area contributed by atoms with E-state index in [9.17, 15) is 18.4 Å². The number of carbonyl (C=O) groups is 1. The van der Waals surface area contributed by atoms with E-state index in [0.29, 0.717) is 21.9 Å². The van der Waals surface area contributed by atoms with Crippen LogP contribution in [0.1, 0.15) is 31.7 Å². The van der Waals surface area contributed by atoms with Crippen LogP contribution >= 0.6 is 11.6 Å². The van der Waals surface area contributed by atoms with Crippen molar-refractivity contribution in [2.75, 3.05) is 14.2 Å². The number of allylic oxidation sites excluding steroid dienone is 4. The van der Waals surface area contributed by atoms with Crippen LogP contribution < -0.4 is 20.9 Å². The van der Waals surface area contributed by atoms with E-state index in [-0.39, 0.29) is 34.9 Å². The largest absolute Gasteiger partial charge is 0.495 e. The fourth-order valence-electron chi connectivity index (χ4n) is 4.15. The smallest absolute Gasteiger partial charge is 0.314 e. The van der Waals surface area contributed by atoms with Crippen LogP contribution in [0.4, 0.5) is 8.78 Å². The molecule has 0 spiro atoms. The summed E-state index contributed by atoms with van der Waals surface area (Å²) in [5.74, 6) is -1.26. The molecule has 3 N–H and O–H groups in total. The van der Waals surface area contributed by atoms with Crippen molar-refractivity contribution in [3.05, 3.63) is 87.4 Å². The van der Waals surface area contributed by atoms with Crippen molar-refractivity contribution < 1.29 is 22.7 Å². The summed E-state index contributed by atoms with van der Waals surface area (Å²) in [5, 5.41) is 21.0. The Balaban J connectivity index is 1.73. The van der Waals surface area contributed by atoms with Gasteiger partial charge in [0, 0.05) is 46.7 Å². The number of hydrogen-bond acceptors (Lipinski definition) is 8. The molecule has 40 heavy (non-hydrogen) atoms. The maximum atomic E-state index is 13.4. The van der Waals surface area contributed by atoms with Gasteiger partial charge in [0.2, 0.25) is 11.8 Å². The van der Waals surface area contributed by atoms with Gasteiger partial charge in [-0.3, -0.25) is 14.2 Å². The number of hydrogen-bond donors (Lipinski definition) is 3. The van der Waals surface area contributed by atoms with Crippen LogP contribution in [0.15, 0.2) is 75.4 Å². The third kappa shape index (κ3) is 5.86. The fraction of sp³-hybridized carbons (Fsp3) is 0.222. The first-order valence-corrected chi connectivity index (χ1v) is 12.4. The highest BCUT2D eigenvalue weighted by atomic mass is 35.5. The Morgan fingerprint density at radius 1 is 1.23 bits per heavy atom. The number of nitrogens with one attached hydrogen (secondary N) is 3. The number of pyridine rings is 1. The standard InChI is InChI=1S/C27H25ClF2N6O4/c1-4-21(25(38)33-16-6-8-20(31)14(9-16)12-32-2)36-13-22(39-3)19(11-23(36)37)18-10-15(28)5-7-17(18)26-34-35-27(40-26)24(29)30/h5-13,21,24,31-32H,4H2,1-3H3,(H,33,38)/b14-12-,31-20?. The molecule has 1 aromatic carbocycles. The fourth-order valence-corrected chi connectivity index (χ4v) is 4.32. The Bertz CT molecular complexity index is 1610. The summed E-state index contributed by atoms with van der Waals surface area (Å²) >= 11 is 6.23. The zero-order valence-corrected chi connectivity index (χ0v) is 22.4. The lowest BCUT2D eigenvalue weighted by Crippen LogP contribution is -2.36. The molecule has 1 unspecified atom stereocenters. The molecular formula is C27H25ClF2N6O4. The Hall–Kier alpha value is -4.58. The summed E-state index contributed by atoms with van der Waals surface area (Å²) in [6, 6.07) is 4.92. The van der Waals surface area contributed by atoms with E-state index in [1.165, 1.54) is 42.1 Å². The van der Waals surface area contributed by atoms with Crippen LogP contribution in [0, 0.1) is 5.41 Å². The minimum atomic E-state index is -2.95. The van der Waals surface area contributed by atoms with E-state index >= 15 is 0 Å². The van der Waals surface area contributed by atoms with Gasteiger partial charge in [0.15, 0.2) is 0 Å². The van der Waals surface area contributed by atoms with Crippen LogP contribution in [0.5, 0.6) is 5.75 Å². The molecule has 0 aliphatic heterocycles. The average Bonchev–Trinajstić information content (AvgIpc) is 3.42. The van der Waals surface area contributed by atoms with Gasteiger partial charge >= 0.3 is 6.43 Å². The number of halogens is 3. The van der Waals surface area contributed by atoms with Crippen molar-refractivity contribution in [1.29, 1.82) is 5.41 Å². The van der Waals surface area contributed by atoms with Crippen LogP contribution in [0.25, 0.3) is 22.6 Å². The number of alkyl halides is 2. The number of benzene rings is 1. The second-order valence-corrected chi connectivity index (χ2v) is 9.02. The van der Waals surface area contributed by atoms with Gasteiger partial charge in [0.05, 0.1) is 19.0 Å². The summed E-state index contributed by atoms with van der Waals surface area (Å²) in [7, 11) is 3.10. The zero-order chi connectivity index (χ0) is 29.0. The van der Waals surface area contributed by atoms with Gasteiger partial charge in [-0.25, -0.2) is 0 Å². The zero-order valence-electron chi connectivity index (χ0n) is 21.7. The summed E-state index contributed by atoms with van der Waals surface area (Å²) in [4.78, 5) is 26.6. The molecule has 1 amide bonds. The monoisotopic (exact) mass is 570 g/mol. The second-order valence-electron chi connectivity index (χ2n) is 8.59. The van der Waals surface area contributed by atoms with Gasteiger partial charge in [-0.1, -0.05) is 18.5 Å². The summed E-state index contributed by atoms with van der Waals surface area (Å²) < 4.78 is 38.1. The van der Waals surface area contributed by atoms with E-state index in [2.05, 4.69) is 20.8 Å². The van der Waals surface area contributed by atoms with Crippen LogP contribution in [0.2, 0.25) is 5.02 Å². The topological polar surface area (TPSA) is 135 Å². The van der Waals surface area contributed by atoms with Crippen LogP contribution in [-0.4, -0.2) is 40.5 Å². The average molecular weight is 571 g/mol. The number of amides is 1. The van der Waals surface area contributed by atoms with E-state index < -0.39 is 29.8 Å². The molecule has 1 aliphatic carbocycles. The number of carbonyl (C=O) groups excluding carboxylic acids is 1. The minimum absolute atomic E-state index is 0.187. The van der Waals surface area contributed by atoms with Gasteiger partial charge in [-0.05, 0) is 48.4 Å². The number of rotatable bonds is 9. The molecule has 4 rings (SSSR count). The summed E-state index contributed by atoms with van der Waals surface area (Å²) in [6.45, 7) is 1.76. The molecule has 10 nitrogen and oxygen atoms in total. The third-order valence-electron chi connectivity index (χ3n) is 6.04. The molecule has 0 saturated carbocycles. The molecule has 0 radical (unpaired) electrons. The summed E-state index contributed by atoms with van der Waals surface area (Å²) in [6.07, 6.45) is 5.17. The molecule has 1 aliphatic rings. The lowest BCUT2D eigenvalue weighted by atomic mass is 9.99. The van der Waals surface area contributed by atoms with E-state index in [1.54, 1.807) is 38.4 Å². The van der Waals surface area contributed by atoms with Crippen molar-refractivity contribution in [1.82, 2.24) is 25.4 Å². The molecule has 1 atom stereocenters. The normalized spacial score (nSPS) is 14.8. The first-order valence-electron chi connectivity index (χ1n) is 12.1. The van der Waals surface area contributed by atoms with Gasteiger partial charge in [-0.15, -0.1) is 10.2 Å². The Morgan fingerprint density at radius 3 is 2.65 bits per heavy atom. The molecule has 0 fully saturated rings. The van der Waals surface area contributed by atoms with Crippen LogP contribution in [-0.2, 0) is 4.79 Å². The Kier molecular flexibility index (Phi) is 8.58. The van der Waals surface area contributed by atoms with Gasteiger partial charge in [0.25, 0.3) is 11.4 Å². The quantitative estimate of drug-likeness (QED) is 0.336. The molecule has 0 saturated heterocycles. The highest BCUT2D eigenvalue weighted by Crippen LogP contribution is 2.38. The lowest BCUT2D eigenvalue weighted by Gasteiger charge is -2.21. The highest BCUT2D eigenvalue weighted by Gasteiger charge is 2.25. The van der Waals surface area contributed by atoms with Gasteiger partial charge in [-0.2, -0.15) is 8.78 Å². The molecule has 208 valence electrons. The van der Waals surface area contributed by atoms with Crippen molar-refractivity contribution in [2.24, 2.45) is 0 Å². The van der Waals surface area contributed by atoms with E-state index in [1.807, 2.05) is 0 Å². The first kappa shape index (κ1) is 28.4. The van der Waals surface area contributed by atoms with Gasteiger partial charge < -0.3 is 25.2 Å². The molecule has 0 bridgehead atoms. The minimum Gasteiger partial charge on any atom is -0.495 e. The van der Waals surface area contributed by atoms with Crippen molar-refractivity contribution in [2.45, 2.75) is 25.8 Å². The number of ether oxygens (including phenoxy) is 1.